The van der Waals surface area contributed by atoms with Crippen molar-refractivity contribution in [2.45, 2.75) is 0 Å². The van der Waals surface area contributed by atoms with Gasteiger partial charge in [0, 0.05) is 4.92 Å². The van der Waals surface area contributed by atoms with E-state index in [1.165, 1.54) is 0 Å². The van der Waals surface area contributed by atoms with Gasteiger partial charge in [-0.15, -0.1) is 0 Å². The molecule has 0 fully saturated rings. The Balaban J connectivity index is 3.74. The predicted octanol–water partition coefficient (Wildman–Crippen LogP) is 1.64. The third-order valence-corrected chi connectivity index (χ3v) is 0.804. The van der Waals surface area contributed by atoms with Crippen LogP contribution in [0.25, 0.3) is 0 Å². The Bertz CT molecular complexity index is 189. The molecule has 0 aliphatic heterocycles. The van der Waals surface area contributed by atoms with Crippen molar-refractivity contribution in [2.24, 2.45) is 0 Å². The molecule has 0 aromatic rings. The van der Waals surface area contributed by atoms with Gasteiger partial charge in [-0.2, -0.15) is 0 Å². The van der Waals surface area contributed by atoms with Gasteiger partial charge in [-0.1, -0.05) is 0 Å². The Morgan fingerprint density at radius 3 is 2.73 bits per heavy atom. The first-order valence-electron chi connectivity index (χ1n) is 2.86. The maximum Gasteiger partial charge on any atom is 0.222 e. The van der Waals surface area contributed by atoms with E-state index in [0.717, 1.165) is 12.2 Å². The van der Waals surface area contributed by atoms with Crippen LogP contribution in [0.15, 0.2) is 24.1 Å². The summed E-state index contributed by atoms with van der Waals surface area (Å²) in [6.07, 6.45) is 2.57. The fourth-order valence-electron chi connectivity index (χ4n) is 0.393. The maximum atomic E-state index is 12.2. The number of alkyl halides is 1. The highest BCUT2D eigenvalue weighted by atomic mass is 19.1. The van der Waals surface area contributed by atoms with Crippen LogP contribution in [0.3, 0.4) is 0 Å². The molecule has 3 nitrogen and oxygen atoms in total. The molecule has 0 aromatic carbocycles. The summed E-state index contributed by atoms with van der Waals surface area (Å²) in [5.41, 5.74) is 0. The van der Waals surface area contributed by atoms with E-state index in [1.807, 2.05) is 0 Å². The first kappa shape index (κ1) is 9.74. The van der Waals surface area contributed by atoms with E-state index in [2.05, 4.69) is 0 Å². The Morgan fingerprint density at radius 1 is 1.64 bits per heavy atom. The van der Waals surface area contributed by atoms with Crippen molar-refractivity contribution in [1.29, 1.82) is 0 Å². The predicted molar refractivity (Wildman–Crippen MR) is 36.2 cm³/mol. The molecule has 0 saturated heterocycles. The second kappa shape index (κ2) is 5.52. The molecule has 5 heteroatoms. The van der Waals surface area contributed by atoms with Crippen molar-refractivity contribution >= 4 is 0 Å². The first-order valence-corrected chi connectivity index (χ1v) is 2.86. The van der Waals surface area contributed by atoms with Gasteiger partial charge in [0.1, 0.15) is 12.5 Å². The second-order valence-corrected chi connectivity index (χ2v) is 1.66. The zero-order valence-corrected chi connectivity index (χ0v) is 5.67. The van der Waals surface area contributed by atoms with Crippen molar-refractivity contribution in [1.82, 2.24) is 0 Å². The SMILES string of the molecule is O=[N+]([O-])C/C=C\C(F)=C/CF. The van der Waals surface area contributed by atoms with Gasteiger partial charge in [-0.3, -0.25) is 10.1 Å². The normalized spacial score (nSPS) is 12.4. The van der Waals surface area contributed by atoms with E-state index < -0.39 is 24.0 Å². The molecule has 0 amide bonds. The highest BCUT2D eigenvalue weighted by Gasteiger charge is 1.90. The molecule has 62 valence electrons. The fraction of sp³-hybridized carbons (Fsp3) is 0.333. The summed E-state index contributed by atoms with van der Waals surface area (Å²) in [4.78, 5) is 9.07. The Labute approximate surface area is 62.2 Å². The number of hydrogen-bond acceptors (Lipinski definition) is 2. The number of nitro groups is 1. The third kappa shape index (κ3) is 6.63. The summed E-state index contributed by atoms with van der Waals surface area (Å²) in [5, 5.41) is 9.68. The van der Waals surface area contributed by atoms with Crippen LogP contribution in [0.1, 0.15) is 0 Å². The Hall–Kier alpha value is -1.26. The average molecular weight is 163 g/mol. The van der Waals surface area contributed by atoms with Gasteiger partial charge in [-0.25, -0.2) is 8.78 Å². The van der Waals surface area contributed by atoms with E-state index >= 15 is 0 Å². The minimum absolute atomic E-state index is 0.451. The van der Waals surface area contributed by atoms with Crippen LogP contribution in [-0.2, 0) is 0 Å². The first-order chi connectivity index (χ1) is 5.16. The molecule has 0 bridgehead atoms. The van der Waals surface area contributed by atoms with Crippen LogP contribution >= 0.6 is 0 Å². The molecule has 0 rings (SSSR count). The van der Waals surface area contributed by atoms with E-state index in [0.29, 0.717) is 6.08 Å². The molecule has 0 aliphatic rings. The summed E-state index contributed by atoms with van der Waals surface area (Å²) >= 11 is 0. The third-order valence-electron chi connectivity index (χ3n) is 0.804. The van der Waals surface area contributed by atoms with E-state index in [1.54, 1.807) is 0 Å². The maximum absolute atomic E-state index is 12.2. The number of allylic oxidation sites excluding steroid dienone is 3. The molecule has 0 aliphatic carbocycles. The van der Waals surface area contributed by atoms with Gasteiger partial charge in [0.2, 0.25) is 6.54 Å². The summed E-state index contributed by atoms with van der Waals surface area (Å²) in [7, 11) is 0. The van der Waals surface area contributed by atoms with Crippen molar-refractivity contribution < 1.29 is 13.7 Å². The minimum atomic E-state index is -0.908. The molecule has 0 spiro atoms. The van der Waals surface area contributed by atoms with E-state index in [-0.39, 0.29) is 0 Å². The number of nitrogens with zero attached hydrogens (tertiary/aromatic N) is 1. The summed E-state index contributed by atoms with van der Waals surface area (Å²) in [6.45, 7) is -1.36. The Kier molecular flexibility index (Phi) is 4.89. The summed E-state index contributed by atoms with van der Waals surface area (Å²) in [5.74, 6) is -0.797. The highest BCUT2D eigenvalue weighted by molar-refractivity contribution is 5.10. The molecule has 0 N–H and O–H groups in total. The smallest absolute Gasteiger partial charge is 0.222 e. The molecular weight excluding hydrogens is 156 g/mol. The Morgan fingerprint density at radius 2 is 2.27 bits per heavy atom. The van der Waals surface area contributed by atoms with Gasteiger partial charge < -0.3 is 0 Å². The lowest BCUT2D eigenvalue weighted by atomic mass is 10.4. The molecule has 0 heterocycles. The van der Waals surface area contributed by atoms with Gasteiger partial charge in [0.05, 0.1) is 0 Å². The average Bonchev–Trinajstić information content (AvgIpc) is 1.87. The molecule has 0 unspecified atom stereocenters. The van der Waals surface area contributed by atoms with E-state index in [9.17, 15) is 18.9 Å². The summed E-state index contributed by atoms with van der Waals surface area (Å²) < 4.78 is 23.5. The standard InChI is InChI=1S/C6H7F2NO2/c7-4-3-6(8)2-1-5-9(10)11/h1-3H,4-5H2/b2-1-,6-3+. The van der Waals surface area contributed by atoms with E-state index in [4.69, 9.17) is 0 Å². The van der Waals surface area contributed by atoms with Crippen molar-refractivity contribution in [2.75, 3.05) is 13.2 Å². The van der Waals surface area contributed by atoms with Crippen LogP contribution in [0.4, 0.5) is 8.78 Å². The molecule has 0 aromatic heterocycles. The van der Waals surface area contributed by atoms with Crippen molar-refractivity contribution in [3.63, 3.8) is 0 Å². The lowest BCUT2D eigenvalue weighted by molar-refractivity contribution is -0.468. The molecular formula is C6H7F2NO2. The largest absolute Gasteiger partial charge is 0.264 e. The van der Waals surface area contributed by atoms with Crippen molar-refractivity contribution in [3.8, 4) is 0 Å². The number of rotatable bonds is 4. The lowest BCUT2D eigenvalue weighted by Crippen LogP contribution is -1.95. The highest BCUT2D eigenvalue weighted by Crippen LogP contribution is 1.97. The number of hydrogen-bond donors (Lipinski definition) is 0. The fourth-order valence-corrected chi connectivity index (χ4v) is 0.393. The van der Waals surface area contributed by atoms with Crippen LogP contribution in [-0.4, -0.2) is 18.1 Å². The molecule has 0 atom stereocenters. The molecule has 11 heavy (non-hydrogen) atoms. The molecule has 0 saturated carbocycles. The quantitative estimate of drug-likeness (QED) is 0.359. The molecule has 0 radical (unpaired) electrons. The number of halogens is 2. The topological polar surface area (TPSA) is 43.1 Å². The zero-order chi connectivity index (χ0) is 8.69. The van der Waals surface area contributed by atoms with Crippen molar-refractivity contribution in [3.05, 3.63) is 34.2 Å². The lowest BCUT2D eigenvalue weighted by Gasteiger charge is -1.83. The van der Waals surface area contributed by atoms with Crippen LogP contribution < -0.4 is 0 Å². The summed E-state index contributed by atoms with van der Waals surface area (Å²) in [6, 6.07) is 0. The van der Waals surface area contributed by atoms with Crippen LogP contribution in [0.5, 0.6) is 0 Å². The van der Waals surface area contributed by atoms with Gasteiger partial charge in [-0.05, 0) is 18.2 Å². The van der Waals surface area contributed by atoms with Gasteiger partial charge >= 0.3 is 0 Å². The van der Waals surface area contributed by atoms with Crippen LogP contribution in [0.2, 0.25) is 0 Å². The minimum Gasteiger partial charge on any atom is -0.264 e. The monoisotopic (exact) mass is 163 g/mol. The van der Waals surface area contributed by atoms with Crippen LogP contribution in [0, 0.1) is 10.1 Å². The van der Waals surface area contributed by atoms with Gasteiger partial charge in [0.25, 0.3) is 0 Å². The second-order valence-electron chi connectivity index (χ2n) is 1.66. The zero-order valence-electron chi connectivity index (χ0n) is 5.67. The van der Waals surface area contributed by atoms with Gasteiger partial charge in [0.15, 0.2) is 0 Å².